The average molecular weight is 398 g/mol. The molecule has 0 saturated heterocycles. The molecule has 0 bridgehead atoms. The molecule has 7 heteroatoms. The third-order valence-corrected chi connectivity index (χ3v) is 5.66. The van der Waals surface area contributed by atoms with Crippen LogP contribution in [-0.4, -0.2) is 14.3 Å². The molecule has 3 aromatic rings. The largest absolute Gasteiger partial charge is 0.467 e. The number of benzene rings is 2. The van der Waals surface area contributed by atoms with Crippen molar-refractivity contribution in [3.8, 4) is 0 Å². The van der Waals surface area contributed by atoms with Gasteiger partial charge in [-0.1, -0.05) is 26.0 Å². The Labute approximate surface area is 164 Å². The van der Waals surface area contributed by atoms with E-state index in [-0.39, 0.29) is 17.3 Å². The van der Waals surface area contributed by atoms with Gasteiger partial charge in [-0.3, -0.25) is 9.52 Å². The van der Waals surface area contributed by atoms with Crippen molar-refractivity contribution in [2.45, 2.75) is 31.2 Å². The van der Waals surface area contributed by atoms with E-state index in [9.17, 15) is 13.2 Å². The van der Waals surface area contributed by atoms with Gasteiger partial charge in [0.1, 0.15) is 5.76 Å². The summed E-state index contributed by atoms with van der Waals surface area (Å²) in [5, 5.41) is 2.72. The maximum absolute atomic E-state index is 12.6. The Morgan fingerprint density at radius 1 is 1.00 bits per heavy atom. The van der Waals surface area contributed by atoms with Gasteiger partial charge in [0.15, 0.2) is 0 Å². The van der Waals surface area contributed by atoms with Gasteiger partial charge in [0.05, 0.1) is 17.7 Å². The molecule has 1 amide bonds. The molecule has 0 saturated carbocycles. The summed E-state index contributed by atoms with van der Waals surface area (Å²) in [6.07, 6.45) is 1.53. The molecule has 3 rings (SSSR count). The minimum atomic E-state index is -3.73. The van der Waals surface area contributed by atoms with E-state index in [2.05, 4.69) is 23.9 Å². The monoisotopic (exact) mass is 398 g/mol. The number of rotatable bonds is 7. The molecule has 0 atom stereocenters. The quantitative estimate of drug-likeness (QED) is 0.626. The number of carbonyl (C=O) groups excluding carboxylic acids is 1. The molecule has 0 fully saturated rings. The number of sulfonamides is 1. The summed E-state index contributed by atoms with van der Waals surface area (Å²) >= 11 is 0. The number of anilines is 1. The second-order valence-electron chi connectivity index (χ2n) is 6.67. The first-order valence-corrected chi connectivity index (χ1v) is 10.4. The van der Waals surface area contributed by atoms with Gasteiger partial charge in [-0.15, -0.1) is 0 Å². The van der Waals surface area contributed by atoms with E-state index in [0.29, 0.717) is 22.9 Å². The number of amides is 1. The normalized spacial score (nSPS) is 11.4. The first kappa shape index (κ1) is 19.7. The van der Waals surface area contributed by atoms with Crippen LogP contribution in [0.4, 0.5) is 5.69 Å². The Hall–Kier alpha value is -3.06. The smallest absolute Gasteiger partial charge is 0.261 e. The maximum Gasteiger partial charge on any atom is 0.261 e. The van der Waals surface area contributed by atoms with Crippen LogP contribution in [-0.2, 0) is 16.6 Å². The molecule has 6 nitrogen and oxygen atoms in total. The second kappa shape index (κ2) is 8.31. The van der Waals surface area contributed by atoms with Crippen LogP contribution >= 0.6 is 0 Å². The predicted octanol–water partition coefficient (Wildman–Crippen LogP) is 4.13. The Kier molecular flexibility index (Phi) is 5.84. The molecule has 28 heavy (non-hydrogen) atoms. The summed E-state index contributed by atoms with van der Waals surface area (Å²) < 4.78 is 32.8. The van der Waals surface area contributed by atoms with Crippen LogP contribution in [0.1, 0.15) is 41.4 Å². The zero-order chi connectivity index (χ0) is 20.1. The molecule has 1 heterocycles. The number of hydrogen-bond acceptors (Lipinski definition) is 4. The van der Waals surface area contributed by atoms with E-state index < -0.39 is 10.0 Å². The minimum Gasteiger partial charge on any atom is -0.467 e. The van der Waals surface area contributed by atoms with E-state index in [1.54, 1.807) is 24.3 Å². The lowest BCUT2D eigenvalue weighted by Gasteiger charge is -2.11. The number of nitrogens with one attached hydrogen (secondary N) is 2. The fourth-order valence-electron chi connectivity index (χ4n) is 2.62. The van der Waals surface area contributed by atoms with Gasteiger partial charge in [0.25, 0.3) is 15.9 Å². The fraction of sp³-hybridized carbons (Fsp3) is 0.190. The van der Waals surface area contributed by atoms with Crippen molar-refractivity contribution >= 4 is 21.6 Å². The summed E-state index contributed by atoms with van der Waals surface area (Å²) in [4.78, 5) is 12.2. The van der Waals surface area contributed by atoms with Crippen molar-refractivity contribution in [2.24, 2.45) is 0 Å². The molecule has 146 valence electrons. The molecule has 2 N–H and O–H groups in total. The van der Waals surface area contributed by atoms with Gasteiger partial charge < -0.3 is 9.73 Å². The van der Waals surface area contributed by atoms with Crippen molar-refractivity contribution in [1.29, 1.82) is 0 Å². The van der Waals surface area contributed by atoms with E-state index in [0.717, 1.165) is 5.56 Å². The second-order valence-corrected chi connectivity index (χ2v) is 8.35. The Morgan fingerprint density at radius 3 is 2.25 bits per heavy atom. The van der Waals surface area contributed by atoms with Crippen molar-refractivity contribution in [1.82, 2.24) is 5.32 Å². The molecule has 0 unspecified atom stereocenters. The van der Waals surface area contributed by atoms with E-state index >= 15 is 0 Å². The van der Waals surface area contributed by atoms with E-state index in [1.807, 2.05) is 12.1 Å². The lowest BCUT2D eigenvalue weighted by atomic mass is 10.0. The van der Waals surface area contributed by atoms with Crippen LogP contribution in [0.15, 0.2) is 76.2 Å². The van der Waals surface area contributed by atoms with Crippen molar-refractivity contribution in [3.63, 3.8) is 0 Å². The molecule has 0 aliphatic carbocycles. The zero-order valence-electron chi connectivity index (χ0n) is 15.7. The molecular formula is C21H22N2O4S. The molecule has 0 radical (unpaired) electrons. The highest BCUT2D eigenvalue weighted by atomic mass is 32.2. The van der Waals surface area contributed by atoms with Gasteiger partial charge in [0.2, 0.25) is 0 Å². The molecule has 1 aromatic heterocycles. The van der Waals surface area contributed by atoms with Gasteiger partial charge in [-0.05, 0) is 60.0 Å². The van der Waals surface area contributed by atoms with Crippen LogP contribution in [0.25, 0.3) is 0 Å². The van der Waals surface area contributed by atoms with E-state index in [1.165, 1.54) is 30.5 Å². The maximum atomic E-state index is 12.6. The molecule has 0 aliphatic rings. The number of hydrogen-bond donors (Lipinski definition) is 2. The molecular weight excluding hydrogens is 376 g/mol. The summed E-state index contributed by atoms with van der Waals surface area (Å²) in [5.74, 6) is 0.704. The van der Waals surface area contributed by atoms with Crippen LogP contribution < -0.4 is 10.0 Å². The topological polar surface area (TPSA) is 88.4 Å². The van der Waals surface area contributed by atoms with Gasteiger partial charge in [-0.2, -0.15) is 0 Å². The predicted molar refractivity (Wildman–Crippen MR) is 108 cm³/mol. The fourth-order valence-corrected chi connectivity index (χ4v) is 3.68. The Morgan fingerprint density at radius 2 is 1.68 bits per heavy atom. The lowest BCUT2D eigenvalue weighted by molar-refractivity contribution is 0.0948. The average Bonchev–Trinajstić information content (AvgIpc) is 3.20. The standard InChI is InChI=1S/C21H22N2O4S/c1-15(2)16-5-9-18(10-6-16)23-28(25,26)20-11-7-17(8-12-20)21(24)22-14-19-4-3-13-27-19/h3-13,15,23H,14H2,1-2H3,(H,22,24). The van der Waals surface area contributed by atoms with Gasteiger partial charge in [-0.25, -0.2) is 8.42 Å². The summed E-state index contributed by atoms with van der Waals surface area (Å²) in [6.45, 7) is 4.41. The van der Waals surface area contributed by atoms with Crippen LogP contribution in [0.2, 0.25) is 0 Å². The highest BCUT2D eigenvalue weighted by Gasteiger charge is 2.15. The highest BCUT2D eigenvalue weighted by Crippen LogP contribution is 2.20. The highest BCUT2D eigenvalue weighted by molar-refractivity contribution is 7.92. The third-order valence-electron chi connectivity index (χ3n) is 4.26. The number of carbonyl (C=O) groups is 1. The first-order chi connectivity index (χ1) is 13.3. The Balaban J connectivity index is 1.66. The van der Waals surface area contributed by atoms with Gasteiger partial charge >= 0.3 is 0 Å². The zero-order valence-corrected chi connectivity index (χ0v) is 16.5. The van der Waals surface area contributed by atoms with Crippen molar-refractivity contribution in [2.75, 3.05) is 4.72 Å². The molecule has 2 aromatic carbocycles. The lowest BCUT2D eigenvalue weighted by Crippen LogP contribution is -2.22. The van der Waals surface area contributed by atoms with Gasteiger partial charge in [0, 0.05) is 11.3 Å². The molecule has 0 aliphatic heterocycles. The number of furan rings is 1. The Bertz CT molecular complexity index is 1020. The summed E-state index contributed by atoms with van der Waals surface area (Å²) in [7, 11) is -3.73. The van der Waals surface area contributed by atoms with Crippen LogP contribution in [0, 0.1) is 0 Å². The molecule has 0 spiro atoms. The van der Waals surface area contributed by atoms with Crippen molar-refractivity contribution in [3.05, 3.63) is 83.8 Å². The third kappa shape index (κ3) is 4.80. The van der Waals surface area contributed by atoms with Crippen LogP contribution in [0.5, 0.6) is 0 Å². The SMILES string of the molecule is CC(C)c1ccc(NS(=O)(=O)c2ccc(C(=O)NCc3ccco3)cc2)cc1. The van der Waals surface area contributed by atoms with Crippen molar-refractivity contribution < 1.29 is 17.6 Å². The first-order valence-electron chi connectivity index (χ1n) is 8.88. The summed E-state index contributed by atoms with van der Waals surface area (Å²) in [5.41, 5.74) is 1.99. The van der Waals surface area contributed by atoms with Crippen LogP contribution in [0.3, 0.4) is 0 Å². The minimum absolute atomic E-state index is 0.0861. The summed E-state index contributed by atoms with van der Waals surface area (Å²) in [6, 6.07) is 16.6. The van der Waals surface area contributed by atoms with E-state index in [4.69, 9.17) is 4.42 Å².